The molecule has 0 amide bonds. The fraction of sp³-hybridized carbons (Fsp3) is 0.0930. The van der Waals surface area contributed by atoms with Gasteiger partial charge in [0.15, 0.2) is 0 Å². The monoisotopic (exact) mass is 611 g/mol. The van der Waals surface area contributed by atoms with E-state index in [0.29, 0.717) is 0 Å². The maximum atomic E-state index is 14.0. The van der Waals surface area contributed by atoms with E-state index in [1.807, 2.05) is 18.2 Å². The molecule has 0 spiro atoms. The van der Waals surface area contributed by atoms with Crippen LogP contribution in [0.2, 0.25) is 0 Å². The van der Waals surface area contributed by atoms with Crippen LogP contribution in [0.4, 0.5) is 38.5 Å². The number of hydrogen-bond acceptors (Lipinski definition) is 3. The molecule has 47 heavy (non-hydrogen) atoms. The van der Waals surface area contributed by atoms with E-state index in [1.165, 1.54) is 17.7 Å². The van der Waals surface area contributed by atoms with Crippen LogP contribution < -0.4 is 9.80 Å². The Kier molecular flexibility index (Phi) is 6.87. The molecule has 7 aromatic rings. The van der Waals surface area contributed by atoms with Crippen molar-refractivity contribution >= 4 is 45.0 Å². The summed E-state index contributed by atoms with van der Waals surface area (Å²) in [6.07, 6.45) is 0. The molecule has 0 saturated heterocycles. The van der Waals surface area contributed by atoms with Gasteiger partial charge in [0.05, 0.1) is 39.6 Å². The minimum absolute atomic E-state index is 0.0496. The molecule has 1 aromatic heterocycles. The van der Waals surface area contributed by atoms with Crippen molar-refractivity contribution in [3.8, 4) is 22.4 Å². The van der Waals surface area contributed by atoms with Gasteiger partial charge in [0.25, 0.3) is 0 Å². The molecule has 0 unspecified atom stereocenters. The van der Waals surface area contributed by atoms with Crippen LogP contribution in [0.15, 0.2) is 152 Å². The minimum Gasteiger partial charge on any atom is -0.306 e. The molecule has 6 aromatic carbocycles. The quantitative estimate of drug-likeness (QED) is 0.197. The van der Waals surface area contributed by atoms with Gasteiger partial charge < -0.3 is 9.80 Å². The molecule has 8 rings (SSSR count). The fourth-order valence-corrected chi connectivity index (χ4v) is 6.63. The highest BCUT2D eigenvalue weighted by molar-refractivity contribution is 6.09. The van der Waals surface area contributed by atoms with Crippen molar-refractivity contribution < 1.29 is 4.39 Å². The van der Waals surface area contributed by atoms with Crippen LogP contribution in [0, 0.1) is 5.82 Å². The molecule has 228 valence electrons. The van der Waals surface area contributed by atoms with Crippen LogP contribution in [-0.2, 0) is 5.41 Å². The lowest BCUT2D eigenvalue weighted by molar-refractivity contribution is 0.590. The van der Waals surface area contributed by atoms with E-state index in [1.54, 1.807) is 0 Å². The van der Waals surface area contributed by atoms with Gasteiger partial charge in [0, 0.05) is 16.6 Å². The zero-order valence-electron chi connectivity index (χ0n) is 26.7. The Morgan fingerprint density at radius 2 is 1.04 bits per heavy atom. The second-order valence-electron chi connectivity index (χ2n) is 13.0. The van der Waals surface area contributed by atoms with Crippen LogP contribution in [0.5, 0.6) is 0 Å². The lowest BCUT2D eigenvalue weighted by Crippen LogP contribution is -2.24. The lowest BCUT2D eigenvalue weighted by Gasteiger charge is -2.40. The third kappa shape index (κ3) is 5.03. The van der Waals surface area contributed by atoms with Crippen molar-refractivity contribution in [2.75, 3.05) is 9.80 Å². The molecule has 1 aliphatic heterocycles. The molecular weight excluding hydrogens is 577 g/mol. The number of para-hydroxylation sites is 6. The molecule has 0 bridgehead atoms. The Hall–Kier alpha value is -5.74. The molecule has 0 fully saturated rings. The fourth-order valence-electron chi connectivity index (χ4n) is 6.63. The van der Waals surface area contributed by atoms with Crippen molar-refractivity contribution in [3.63, 3.8) is 0 Å². The van der Waals surface area contributed by atoms with Gasteiger partial charge in [-0.15, -0.1) is 0 Å². The number of aromatic nitrogens is 1. The van der Waals surface area contributed by atoms with E-state index in [2.05, 4.69) is 152 Å². The van der Waals surface area contributed by atoms with E-state index in [9.17, 15) is 4.39 Å². The molecule has 0 aliphatic carbocycles. The summed E-state index contributed by atoms with van der Waals surface area (Å²) in [6, 6.07) is 51.6. The van der Waals surface area contributed by atoms with Gasteiger partial charge in [-0.2, -0.15) is 0 Å². The van der Waals surface area contributed by atoms with Gasteiger partial charge in [-0.05, 0) is 94.9 Å². The normalized spacial score (nSPS) is 12.6. The highest BCUT2D eigenvalue weighted by Crippen LogP contribution is 2.55. The van der Waals surface area contributed by atoms with E-state index in [0.717, 1.165) is 67.4 Å². The smallest absolute Gasteiger partial charge is 0.123 e. The van der Waals surface area contributed by atoms with Crippen LogP contribution in [0.25, 0.3) is 33.3 Å². The maximum Gasteiger partial charge on any atom is 0.123 e. The van der Waals surface area contributed by atoms with Gasteiger partial charge >= 0.3 is 0 Å². The average Bonchev–Trinajstić information content (AvgIpc) is 3.10. The predicted octanol–water partition coefficient (Wildman–Crippen LogP) is 12.3. The number of hydrogen-bond donors (Lipinski definition) is 0. The van der Waals surface area contributed by atoms with Gasteiger partial charge in [-0.3, -0.25) is 0 Å². The van der Waals surface area contributed by atoms with E-state index in [-0.39, 0.29) is 11.2 Å². The van der Waals surface area contributed by atoms with Crippen molar-refractivity contribution in [1.29, 1.82) is 0 Å². The molecule has 4 heteroatoms. The number of rotatable bonds is 4. The van der Waals surface area contributed by atoms with E-state index in [4.69, 9.17) is 4.98 Å². The van der Waals surface area contributed by atoms with Crippen molar-refractivity contribution in [3.05, 3.63) is 163 Å². The van der Waals surface area contributed by atoms with Gasteiger partial charge in [0.2, 0.25) is 0 Å². The van der Waals surface area contributed by atoms with E-state index >= 15 is 0 Å². The molecule has 0 atom stereocenters. The van der Waals surface area contributed by atoms with Gasteiger partial charge in [-0.25, -0.2) is 9.37 Å². The average molecular weight is 612 g/mol. The molecule has 2 heterocycles. The predicted molar refractivity (Wildman–Crippen MR) is 194 cm³/mol. The van der Waals surface area contributed by atoms with Gasteiger partial charge in [0.1, 0.15) is 5.82 Å². The van der Waals surface area contributed by atoms with Crippen LogP contribution in [0.1, 0.15) is 26.3 Å². The summed E-state index contributed by atoms with van der Waals surface area (Å²) in [5.74, 6) is -0.266. The Bertz CT molecular complexity index is 2190. The summed E-state index contributed by atoms with van der Waals surface area (Å²) in [5.41, 5.74) is 12.4. The molecule has 0 saturated carbocycles. The molecule has 0 radical (unpaired) electrons. The second kappa shape index (κ2) is 11.3. The first kappa shape index (κ1) is 28.7. The molecule has 0 N–H and O–H groups in total. The maximum absolute atomic E-state index is 14.0. The molecular formula is C43H34FN3. The Balaban J connectivity index is 1.40. The zero-order valence-corrected chi connectivity index (χ0v) is 26.7. The number of halogens is 1. The molecule has 1 aliphatic rings. The van der Waals surface area contributed by atoms with Gasteiger partial charge in [-0.1, -0.05) is 99.6 Å². The SMILES string of the molecule is CC(C)(C)c1ccc(-c2cc(-c3ccc(F)cc3)nc3c(N4c5ccccc5N(c5ccccc5)c5ccccc54)cccc23)cc1. The third-order valence-corrected chi connectivity index (χ3v) is 9.00. The standard InChI is InChI=1S/C43H34FN3/c1-43(2,3)31-24-20-29(21-25-31)35-28-36(30-22-26-32(44)27-23-30)45-42-34(35)14-11-19-41(42)47-39-17-9-7-15-37(39)46(33-12-5-4-6-13-33)38-16-8-10-18-40(38)47/h4-28H,1-3H3. The summed E-state index contributed by atoms with van der Waals surface area (Å²) >= 11 is 0. The highest BCUT2D eigenvalue weighted by atomic mass is 19.1. The second-order valence-corrected chi connectivity index (χ2v) is 13.0. The minimum atomic E-state index is -0.266. The number of fused-ring (bicyclic) bond motifs is 3. The summed E-state index contributed by atoms with van der Waals surface area (Å²) < 4.78 is 14.0. The summed E-state index contributed by atoms with van der Waals surface area (Å²) in [5, 5.41) is 1.05. The first-order valence-electron chi connectivity index (χ1n) is 16.0. The van der Waals surface area contributed by atoms with Crippen LogP contribution in [0.3, 0.4) is 0 Å². The van der Waals surface area contributed by atoms with Crippen molar-refractivity contribution in [2.45, 2.75) is 26.2 Å². The third-order valence-electron chi connectivity index (χ3n) is 9.00. The van der Waals surface area contributed by atoms with Crippen molar-refractivity contribution in [2.24, 2.45) is 0 Å². The Morgan fingerprint density at radius 1 is 0.511 bits per heavy atom. The Morgan fingerprint density at radius 3 is 1.64 bits per heavy atom. The number of benzene rings is 6. The van der Waals surface area contributed by atoms with Crippen molar-refractivity contribution in [1.82, 2.24) is 4.98 Å². The topological polar surface area (TPSA) is 19.4 Å². The zero-order chi connectivity index (χ0) is 32.1. The largest absolute Gasteiger partial charge is 0.306 e. The van der Waals surface area contributed by atoms with E-state index < -0.39 is 0 Å². The van der Waals surface area contributed by atoms with Crippen LogP contribution in [-0.4, -0.2) is 4.98 Å². The first-order valence-corrected chi connectivity index (χ1v) is 16.0. The first-order chi connectivity index (χ1) is 22.9. The summed E-state index contributed by atoms with van der Waals surface area (Å²) in [6.45, 7) is 6.70. The number of nitrogens with zero attached hydrogens (tertiary/aromatic N) is 3. The Labute approximate surface area is 275 Å². The molecule has 3 nitrogen and oxygen atoms in total. The highest BCUT2D eigenvalue weighted by Gasteiger charge is 2.31. The number of pyridine rings is 1. The summed E-state index contributed by atoms with van der Waals surface area (Å²) in [7, 11) is 0. The summed E-state index contributed by atoms with van der Waals surface area (Å²) in [4.78, 5) is 10.00. The van der Waals surface area contributed by atoms with Crippen LogP contribution >= 0.6 is 0 Å². The lowest BCUT2D eigenvalue weighted by atomic mass is 9.86. The number of anilines is 6.